The molecule has 0 saturated carbocycles. The van der Waals surface area contributed by atoms with E-state index >= 15 is 0 Å². The molecule has 1 saturated heterocycles. The van der Waals surface area contributed by atoms with Crippen LogP contribution >= 0.6 is 23.1 Å². The zero-order valence-corrected chi connectivity index (χ0v) is 14.7. The van der Waals surface area contributed by atoms with Gasteiger partial charge in [0.2, 0.25) is 0 Å². The third-order valence-corrected chi connectivity index (χ3v) is 5.21. The molecule has 7 heteroatoms. The third kappa shape index (κ3) is 3.42. The lowest BCUT2D eigenvalue weighted by atomic mass is 10.2. The second-order valence-electron chi connectivity index (χ2n) is 4.92. The van der Waals surface area contributed by atoms with Crippen LogP contribution in [0.15, 0.2) is 51.7 Å². The number of methoxy groups -OCH3 is 1. The zero-order valence-electron chi connectivity index (χ0n) is 13.1. The van der Waals surface area contributed by atoms with Crippen LogP contribution in [-0.4, -0.2) is 36.1 Å². The maximum absolute atomic E-state index is 12.3. The molecule has 0 atom stereocenters. The lowest BCUT2D eigenvalue weighted by Crippen LogP contribution is -2.23. The Hall–Kier alpha value is -2.38. The Morgan fingerprint density at radius 2 is 2.00 bits per heavy atom. The zero-order chi connectivity index (χ0) is 17.1. The average Bonchev–Trinajstić information content (AvgIpc) is 3.20. The maximum Gasteiger partial charge on any atom is 0.337 e. The Bertz CT molecular complexity index is 824. The van der Waals surface area contributed by atoms with E-state index in [0.717, 1.165) is 4.88 Å². The molecule has 2 aromatic rings. The number of likely N-dealkylation sites (N-methyl/N-ethyl adjacent to an activating group) is 1. The summed E-state index contributed by atoms with van der Waals surface area (Å²) in [6.07, 6.45) is 1.87. The average molecular weight is 358 g/mol. The maximum atomic E-state index is 12.3. The number of carbonyl (C=O) groups excluding carboxylic acids is 2. The van der Waals surface area contributed by atoms with Gasteiger partial charge in [0.25, 0.3) is 5.91 Å². The quantitative estimate of drug-likeness (QED) is 0.619. The highest BCUT2D eigenvalue weighted by Gasteiger charge is 2.30. The fraction of sp³-hybridized carbons (Fsp3) is 0.118. The predicted molar refractivity (Wildman–Crippen MR) is 97.5 cm³/mol. The molecule has 0 radical (unpaired) electrons. The van der Waals surface area contributed by atoms with Crippen LogP contribution in [0.5, 0.6) is 0 Å². The van der Waals surface area contributed by atoms with Gasteiger partial charge in [0.15, 0.2) is 5.17 Å². The number of thiophene rings is 1. The number of amidine groups is 1. The second kappa shape index (κ2) is 7.02. The van der Waals surface area contributed by atoms with Crippen LogP contribution in [0.2, 0.25) is 0 Å². The van der Waals surface area contributed by atoms with Crippen molar-refractivity contribution in [2.24, 2.45) is 4.99 Å². The van der Waals surface area contributed by atoms with Crippen molar-refractivity contribution in [1.82, 2.24) is 4.90 Å². The van der Waals surface area contributed by atoms with Gasteiger partial charge in [-0.3, -0.25) is 9.69 Å². The van der Waals surface area contributed by atoms with E-state index in [2.05, 4.69) is 9.73 Å². The van der Waals surface area contributed by atoms with Crippen LogP contribution in [0, 0.1) is 0 Å². The van der Waals surface area contributed by atoms with Gasteiger partial charge in [-0.05, 0) is 53.5 Å². The number of rotatable bonds is 3. The first kappa shape index (κ1) is 16.5. The van der Waals surface area contributed by atoms with E-state index in [1.165, 1.54) is 23.8 Å². The molecule has 1 amide bonds. The Morgan fingerprint density at radius 1 is 1.25 bits per heavy atom. The number of hydrogen-bond donors (Lipinski definition) is 0. The van der Waals surface area contributed by atoms with Crippen LogP contribution in [0.25, 0.3) is 6.08 Å². The van der Waals surface area contributed by atoms with Crippen molar-refractivity contribution < 1.29 is 14.3 Å². The molecule has 0 N–H and O–H groups in total. The molecule has 122 valence electrons. The van der Waals surface area contributed by atoms with Gasteiger partial charge in [-0.2, -0.15) is 0 Å². The molecule has 1 aromatic carbocycles. The van der Waals surface area contributed by atoms with E-state index in [4.69, 9.17) is 0 Å². The van der Waals surface area contributed by atoms with Crippen molar-refractivity contribution in [2.75, 3.05) is 14.2 Å². The summed E-state index contributed by atoms with van der Waals surface area (Å²) in [6.45, 7) is 0. The number of thioether (sulfide) groups is 1. The normalized spacial score (nSPS) is 17.8. The van der Waals surface area contributed by atoms with Gasteiger partial charge in [-0.25, -0.2) is 9.79 Å². The van der Waals surface area contributed by atoms with Crippen LogP contribution in [-0.2, 0) is 9.53 Å². The summed E-state index contributed by atoms with van der Waals surface area (Å²) in [6, 6.07) is 10.7. The summed E-state index contributed by atoms with van der Waals surface area (Å²) < 4.78 is 4.67. The third-order valence-electron chi connectivity index (χ3n) is 3.33. The summed E-state index contributed by atoms with van der Waals surface area (Å²) in [5.41, 5.74) is 1.13. The summed E-state index contributed by atoms with van der Waals surface area (Å²) in [5, 5.41) is 2.58. The molecule has 1 fully saturated rings. The summed E-state index contributed by atoms with van der Waals surface area (Å²) in [4.78, 5) is 31.4. The molecule has 0 unspecified atom stereocenters. The molecule has 5 nitrogen and oxygen atoms in total. The van der Waals surface area contributed by atoms with E-state index in [9.17, 15) is 9.59 Å². The minimum Gasteiger partial charge on any atom is -0.465 e. The summed E-state index contributed by atoms with van der Waals surface area (Å²) in [7, 11) is 3.04. The van der Waals surface area contributed by atoms with Crippen molar-refractivity contribution in [3.05, 3.63) is 57.1 Å². The van der Waals surface area contributed by atoms with Gasteiger partial charge in [0.1, 0.15) is 0 Å². The number of amides is 1. The van der Waals surface area contributed by atoms with E-state index < -0.39 is 5.97 Å². The van der Waals surface area contributed by atoms with Crippen molar-refractivity contribution in [3.63, 3.8) is 0 Å². The van der Waals surface area contributed by atoms with Gasteiger partial charge in [0.05, 0.1) is 23.3 Å². The number of ether oxygens (including phenoxy) is 1. The number of carbonyl (C=O) groups is 2. The minimum atomic E-state index is -0.391. The lowest BCUT2D eigenvalue weighted by molar-refractivity contribution is -0.121. The Kier molecular flexibility index (Phi) is 4.82. The molecule has 0 aliphatic carbocycles. The van der Waals surface area contributed by atoms with Gasteiger partial charge >= 0.3 is 5.97 Å². The van der Waals surface area contributed by atoms with Crippen LogP contribution in [0.4, 0.5) is 5.69 Å². The molecule has 1 aromatic heterocycles. The highest BCUT2D eigenvalue weighted by atomic mass is 32.2. The molecular formula is C17H14N2O3S2. The fourth-order valence-corrected chi connectivity index (χ4v) is 3.76. The van der Waals surface area contributed by atoms with E-state index in [-0.39, 0.29) is 5.91 Å². The smallest absolute Gasteiger partial charge is 0.337 e. The number of aliphatic imine (C=N–C) groups is 1. The van der Waals surface area contributed by atoms with Gasteiger partial charge in [-0.15, -0.1) is 11.3 Å². The Balaban J connectivity index is 1.83. The second-order valence-corrected chi connectivity index (χ2v) is 6.91. The largest absolute Gasteiger partial charge is 0.465 e. The van der Waals surface area contributed by atoms with Crippen LogP contribution < -0.4 is 0 Å². The minimum absolute atomic E-state index is 0.0710. The topological polar surface area (TPSA) is 59.0 Å². The predicted octanol–water partition coefficient (Wildman–Crippen LogP) is 3.77. The first-order valence-electron chi connectivity index (χ1n) is 7.06. The summed E-state index contributed by atoms with van der Waals surface area (Å²) in [5.74, 6) is -0.462. The first-order valence-corrected chi connectivity index (χ1v) is 8.76. The highest BCUT2D eigenvalue weighted by molar-refractivity contribution is 8.18. The van der Waals surface area contributed by atoms with Crippen molar-refractivity contribution in [2.45, 2.75) is 0 Å². The molecule has 0 spiro atoms. The molecular weight excluding hydrogens is 344 g/mol. The molecule has 0 bridgehead atoms. The van der Waals surface area contributed by atoms with E-state index in [1.807, 2.05) is 23.6 Å². The molecule has 24 heavy (non-hydrogen) atoms. The molecule has 1 aliphatic heterocycles. The number of hydrogen-bond acceptors (Lipinski definition) is 6. The van der Waals surface area contributed by atoms with Crippen LogP contribution in [0.1, 0.15) is 15.2 Å². The fourth-order valence-electron chi connectivity index (χ4n) is 2.05. The number of esters is 1. The summed E-state index contributed by atoms with van der Waals surface area (Å²) >= 11 is 2.92. The standard InChI is InChI=1S/C17H14N2O3S2/c1-19-15(20)14(10-13-4-3-9-23-13)24-17(19)18-12-7-5-11(6-8-12)16(21)22-2/h3-10H,1-2H3/b14-10+,18-17?. The lowest BCUT2D eigenvalue weighted by Gasteiger charge is -2.07. The highest BCUT2D eigenvalue weighted by Crippen LogP contribution is 2.33. The van der Waals surface area contributed by atoms with E-state index in [1.54, 1.807) is 42.6 Å². The number of benzene rings is 1. The van der Waals surface area contributed by atoms with E-state index in [0.29, 0.717) is 21.3 Å². The van der Waals surface area contributed by atoms with Crippen molar-refractivity contribution in [3.8, 4) is 0 Å². The number of nitrogens with zero attached hydrogens (tertiary/aromatic N) is 2. The monoisotopic (exact) mass is 358 g/mol. The SMILES string of the molecule is COC(=O)c1ccc(N=C2S/C(=C/c3cccs3)C(=O)N2C)cc1. The van der Waals surface area contributed by atoms with Gasteiger partial charge in [0, 0.05) is 11.9 Å². The molecule has 1 aliphatic rings. The Morgan fingerprint density at radius 3 is 2.62 bits per heavy atom. The van der Waals surface area contributed by atoms with Gasteiger partial charge in [-0.1, -0.05) is 6.07 Å². The molecule has 2 heterocycles. The first-order chi connectivity index (χ1) is 11.6. The van der Waals surface area contributed by atoms with Crippen molar-refractivity contribution in [1.29, 1.82) is 0 Å². The van der Waals surface area contributed by atoms with Crippen molar-refractivity contribution >= 4 is 51.9 Å². The van der Waals surface area contributed by atoms with Crippen LogP contribution in [0.3, 0.4) is 0 Å². The van der Waals surface area contributed by atoms with Gasteiger partial charge < -0.3 is 4.74 Å². The Labute approximate surface area is 147 Å². The molecule has 3 rings (SSSR count).